The highest BCUT2D eigenvalue weighted by Crippen LogP contribution is 2.24. The van der Waals surface area contributed by atoms with Gasteiger partial charge in [0.15, 0.2) is 0 Å². The van der Waals surface area contributed by atoms with Crippen LogP contribution in [0.2, 0.25) is 10.0 Å². The molecule has 2 rings (SSSR count). The maximum absolute atomic E-state index is 6.01. The molecule has 1 heterocycles. The van der Waals surface area contributed by atoms with Crippen molar-refractivity contribution in [3.05, 3.63) is 46.0 Å². The summed E-state index contributed by atoms with van der Waals surface area (Å²) in [5.74, 6) is 0.917. The third-order valence-corrected chi connectivity index (χ3v) is 3.43. The first-order chi connectivity index (χ1) is 8.38. The van der Waals surface area contributed by atoms with Crippen LogP contribution in [0.5, 0.6) is 0 Å². The van der Waals surface area contributed by atoms with Crippen molar-refractivity contribution in [3.63, 3.8) is 0 Å². The third kappa shape index (κ3) is 2.85. The van der Waals surface area contributed by atoms with Gasteiger partial charge in [-0.1, -0.05) is 29.3 Å². The highest BCUT2D eigenvalue weighted by molar-refractivity contribution is 6.42. The van der Waals surface area contributed by atoms with Gasteiger partial charge in [-0.3, -0.25) is 0 Å². The summed E-state index contributed by atoms with van der Waals surface area (Å²) in [6, 6.07) is 5.62. The normalized spacial score (nSPS) is 11.8. The Kier molecular flexibility index (Phi) is 3.64. The molecular formula is C13H15Cl2N3. The second-order valence-corrected chi connectivity index (χ2v) is 6.03. The van der Waals surface area contributed by atoms with E-state index in [1.165, 1.54) is 0 Å². The summed E-state index contributed by atoms with van der Waals surface area (Å²) in [7, 11) is 0. The lowest BCUT2D eigenvalue weighted by Gasteiger charge is -2.22. The molecule has 0 saturated carbocycles. The lowest BCUT2D eigenvalue weighted by molar-refractivity contribution is 0.384. The van der Waals surface area contributed by atoms with Gasteiger partial charge in [-0.15, -0.1) is 10.2 Å². The van der Waals surface area contributed by atoms with Gasteiger partial charge in [-0.2, -0.15) is 0 Å². The largest absolute Gasteiger partial charge is 0.312 e. The second-order valence-electron chi connectivity index (χ2n) is 5.21. The summed E-state index contributed by atoms with van der Waals surface area (Å²) in [5, 5.41) is 9.28. The first kappa shape index (κ1) is 13.4. The predicted molar refractivity (Wildman–Crippen MR) is 74.3 cm³/mol. The molecule has 96 valence electrons. The molecule has 0 aliphatic heterocycles. The van der Waals surface area contributed by atoms with E-state index < -0.39 is 0 Å². The van der Waals surface area contributed by atoms with Crippen LogP contribution in [0, 0.1) is 0 Å². The third-order valence-electron chi connectivity index (χ3n) is 2.69. The van der Waals surface area contributed by atoms with Gasteiger partial charge in [0, 0.05) is 12.0 Å². The minimum Gasteiger partial charge on any atom is -0.312 e. The molecule has 2 aromatic rings. The van der Waals surface area contributed by atoms with Gasteiger partial charge in [0.05, 0.1) is 10.0 Å². The average Bonchev–Trinajstić information content (AvgIpc) is 2.71. The van der Waals surface area contributed by atoms with Crippen LogP contribution in [0.4, 0.5) is 0 Å². The molecule has 0 bridgehead atoms. The molecule has 0 fully saturated rings. The number of hydrogen-bond acceptors (Lipinski definition) is 2. The minimum absolute atomic E-state index is 0.0327. The highest BCUT2D eigenvalue weighted by Gasteiger charge is 2.17. The standard InChI is InChI=1S/C13H15Cl2N3/c1-13(2,3)18-8-16-17-12(18)7-9-4-5-10(14)11(15)6-9/h4-6,8H,7H2,1-3H3. The summed E-state index contributed by atoms with van der Waals surface area (Å²) in [4.78, 5) is 0. The van der Waals surface area contributed by atoms with Crippen molar-refractivity contribution in [1.82, 2.24) is 14.8 Å². The maximum atomic E-state index is 6.01. The quantitative estimate of drug-likeness (QED) is 0.836. The molecule has 18 heavy (non-hydrogen) atoms. The Bertz CT molecular complexity index is 556. The fraction of sp³-hybridized carbons (Fsp3) is 0.385. The van der Waals surface area contributed by atoms with E-state index in [4.69, 9.17) is 23.2 Å². The van der Waals surface area contributed by atoms with Crippen LogP contribution < -0.4 is 0 Å². The summed E-state index contributed by atoms with van der Waals surface area (Å²) in [5.41, 5.74) is 1.04. The Morgan fingerprint density at radius 3 is 2.50 bits per heavy atom. The summed E-state index contributed by atoms with van der Waals surface area (Å²) in [6.07, 6.45) is 2.45. The average molecular weight is 284 g/mol. The summed E-state index contributed by atoms with van der Waals surface area (Å²) >= 11 is 11.9. The molecule has 0 saturated heterocycles. The zero-order valence-electron chi connectivity index (χ0n) is 10.6. The van der Waals surface area contributed by atoms with Gasteiger partial charge >= 0.3 is 0 Å². The van der Waals surface area contributed by atoms with Gasteiger partial charge in [0.1, 0.15) is 12.2 Å². The van der Waals surface area contributed by atoms with Crippen LogP contribution in [0.25, 0.3) is 0 Å². The van der Waals surface area contributed by atoms with E-state index in [0.29, 0.717) is 16.5 Å². The fourth-order valence-electron chi connectivity index (χ4n) is 1.77. The Morgan fingerprint density at radius 1 is 1.17 bits per heavy atom. The number of rotatable bonds is 2. The maximum Gasteiger partial charge on any atom is 0.137 e. The van der Waals surface area contributed by atoms with Crippen LogP contribution in [0.3, 0.4) is 0 Å². The highest BCUT2D eigenvalue weighted by atomic mass is 35.5. The van der Waals surface area contributed by atoms with E-state index >= 15 is 0 Å². The number of hydrogen-bond donors (Lipinski definition) is 0. The molecule has 0 radical (unpaired) electrons. The molecule has 0 aliphatic carbocycles. The van der Waals surface area contributed by atoms with Crippen LogP contribution in [-0.2, 0) is 12.0 Å². The Morgan fingerprint density at radius 2 is 1.89 bits per heavy atom. The van der Waals surface area contributed by atoms with Crippen molar-refractivity contribution in [2.45, 2.75) is 32.7 Å². The number of benzene rings is 1. The zero-order chi connectivity index (χ0) is 13.3. The Balaban J connectivity index is 2.29. The van der Waals surface area contributed by atoms with Gasteiger partial charge in [0.25, 0.3) is 0 Å². The lowest BCUT2D eigenvalue weighted by atomic mass is 10.1. The van der Waals surface area contributed by atoms with E-state index in [0.717, 1.165) is 11.4 Å². The van der Waals surface area contributed by atoms with Crippen molar-refractivity contribution < 1.29 is 0 Å². The molecule has 0 spiro atoms. The van der Waals surface area contributed by atoms with Gasteiger partial charge in [0.2, 0.25) is 0 Å². The van der Waals surface area contributed by atoms with E-state index in [1.54, 1.807) is 12.4 Å². The van der Waals surface area contributed by atoms with Crippen molar-refractivity contribution in [2.75, 3.05) is 0 Å². The molecule has 0 amide bonds. The molecule has 0 aliphatic rings. The van der Waals surface area contributed by atoms with Gasteiger partial charge < -0.3 is 4.57 Å². The number of halogens is 2. The van der Waals surface area contributed by atoms with E-state index in [-0.39, 0.29) is 5.54 Å². The van der Waals surface area contributed by atoms with Crippen LogP contribution in [0.1, 0.15) is 32.2 Å². The smallest absolute Gasteiger partial charge is 0.137 e. The first-order valence-electron chi connectivity index (χ1n) is 5.71. The van der Waals surface area contributed by atoms with E-state index in [9.17, 15) is 0 Å². The molecule has 1 aromatic carbocycles. The summed E-state index contributed by atoms with van der Waals surface area (Å²) in [6.45, 7) is 6.36. The monoisotopic (exact) mass is 283 g/mol. The SMILES string of the molecule is CC(C)(C)n1cnnc1Cc1ccc(Cl)c(Cl)c1. The molecular weight excluding hydrogens is 269 g/mol. The van der Waals surface area contributed by atoms with Crippen molar-refractivity contribution >= 4 is 23.2 Å². The fourth-order valence-corrected chi connectivity index (χ4v) is 2.09. The van der Waals surface area contributed by atoms with Crippen LogP contribution in [0.15, 0.2) is 24.5 Å². The topological polar surface area (TPSA) is 30.7 Å². The molecule has 1 aromatic heterocycles. The van der Waals surface area contributed by atoms with Crippen molar-refractivity contribution in [2.24, 2.45) is 0 Å². The first-order valence-corrected chi connectivity index (χ1v) is 6.47. The molecule has 0 atom stereocenters. The molecule has 3 nitrogen and oxygen atoms in total. The zero-order valence-corrected chi connectivity index (χ0v) is 12.1. The lowest BCUT2D eigenvalue weighted by Crippen LogP contribution is -2.23. The predicted octanol–water partition coefficient (Wildman–Crippen LogP) is 3.93. The van der Waals surface area contributed by atoms with Gasteiger partial charge in [-0.25, -0.2) is 0 Å². The molecule has 0 unspecified atom stereocenters. The van der Waals surface area contributed by atoms with Crippen LogP contribution in [-0.4, -0.2) is 14.8 Å². The number of aromatic nitrogens is 3. The minimum atomic E-state index is -0.0327. The second kappa shape index (κ2) is 4.90. The van der Waals surface area contributed by atoms with Crippen molar-refractivity contribution in [1.29, 1.82) is 0 Å². The molecule has 5 heteroatoms. The van der Waals surface area contributed by atoms with E-state index in [1.807, 2.05) is 12.1 Å². The Hall–Kier alpha value is -1.06. The van der Waals surface area contributed by atoms with Crippen LogP contribution >= 0.6 is 23.2 Å². The van der Waals surface area contributed by atoms with Gasteiger partial charge in [-0.05, 0) is 38.5 Å². The number of nitrogens with zero attached hydrogens (tertiary/aromatic N) is 3. The summed E-state index contributed by atoms with van der Waals surface area (Å²) < 4.78 is 2.06. The van der Waals surface area contributed by atoms with E-state index in [2.05, 4.69) is 35.5 Å². The van der Waals surface area contributed by atoms with Crippen molar-refractivity contribution in [3.8, 4) is 0 Å². The molecule has 0 N–H and O–H groups in total. The Labute approximate surface area is 117 Å².